The zero-order valence-corrected chi connectivity index (χ0v) is 11.9. The number of unbranched alkanes of at least 4 members (excludes halogenated alkanes) is 8. The smallest absolute Gasteiger partial charge is 0.180 e. The number of ether oxygens (including phenoxy) is 1. The molecule has 0 fully saturated rings. The van der Waals surface area contributed by atoms with Crippen LogP contribution < -0.4 is 0 Å². The average molecular weight is 241 g/mol. The van der Waals surface area contributed by atoms with Crippen molar-refractivity contribution in [3.63, 3.8) is 0 Å². The molecule has 102 valence electrons. The van der Waals surface area contributed by atoms with E-state index in [2.05, 4.69) is 13.8 Å². The summed E-state index contributed by atoms with van der Waals surface area (Å²) in [5.41, 5.74) is 0. The molecule has 0 aromatic heterocycles. The second-order valence-corrected chi connectivity index (χ2v) is 4.85. The molecule has 0 aliphatic rings. The van der Waals surface area contributed by atoms with Crippen LogP contribution in [0.1, 0.15) is 84.5 Å². The fourth-order valence-corrected chi connectivity index (χ4v) is 1.86. The van der Waals surface area contributed by atoms with Gasteiger partial charge in [0.2, 0.25) is 0 Å². The van der Waals surface area contributed by atoms with Gasteiger partial charge in [0.25, 0.3) is 0 Å². The molecule has 0 heterocycles. The van der Waals surface area contributed by atoms with Crippen LogP contribution >= 0.6 is 0 Å². The highest BCUT2D eigenvalue weighted by atomic mass is 16.5. The summed E-state index contributed by atoms with van der Waals surface area (Å²) in [6, 6.07) is 0. The van der Waals surface area contributed by atoms with Crippen molar-refractivity contribution in [2.24, 2.45) is 0 Å². The molecule has 1 N–H and O–H groups in total. The van der Waals surface area contributed by atoms with Crippen LogP contribution in [0.3, 0.4) is 0 Å². The van der Waals surface area contributed by atoms with Gasteiger partial charge in [-0.15, -0.1) is 0 Å². The molecule has 0 saturated heterocycles. The molecule has 0 amide bonds. The molecule has 0 aromatic rings. The standard InChI is InChI=1S/C15H31NO/c1-3-5-7-9-11-13-15(16)17-14-12-10-8-6-4-2/h16H,3-14H2,1-2H3. The quantitative estimate of drug-likeness (QED) is 0.280. The number of hydrogen-bond donors (Lipinski definition) is 1. The molecule has 0 spiro atoms. The van der Waals surface area contributed by atoms with Crippen LogP contribution in [0.15, 0.2) is 0 Å². The summed E-state index contributed by atoms with van der Waals surface area (Å²) in [4.78, 5) is 0. The van der Waals surface area contributed by atoms with E-state index in [1.807, 2.05) is 0 Å². The second-order valence-electron chi connectivity index (χ2n) is 4.85. The molecule has 2 heteroatoms. The molecular weight excluding hydrogens is 210 g/mol. The Morgan fingerprint density at radius 2 is 1.29 bits per heavy atom. The first-order chi connectivity index (χ1) is 8.31. The summed E-state index contributed by atoms with van der Waals surface area (Å²) in [5, 5.41) is 7.66. The minimum Gasteiger partial charge on any atom is -0.481 e. The lowest BCUT2D eigenvalue weighted by atomic mass is 10.1. The molecule has 17 heavy (non-hydrogen) atoms. The van der Waals surface area contributed by atoms with Gasteiger partial charge in [0.15, 0.2) is 5.90 Å². The Bertz CT molecular complexity index is 168. The van der Waals surface area contributed by atoms with E-state index in [0.29, 0.717) is 5.90 Å². The molecule has 0 aliphatic heterocycles. The Kier molecular flexibility index (Phi) is 13.1. The van der Waals surface area contributed by atoms with Gasteiger partial charge in [0.1, 0.15) is 0 Å². The fraction of sp³-hybridized carbons (Fsp3) is 0.933. The lowest BCUT2D eigenvalue weighted by Crippen LogP contribution is -2.04. The van der Waals surface area contributed by atoms with E-state index < -0.39 is 0 Å². The van der Waals surface area contributed by atoms with Crippen molar-refractivity contribution >= 4 is 5.90 Å². The predicted octanol–water partition coefficient (Wildman–Crippen LogP) is 5.31. The topological polar surface area (TPSA) is 33.1 Å². The van der Waals surface area contributed by atoms with E-state index in [4.69, 9.17) is 10.1 Å². The zero-order chi connectivity index (χ0) is 12.8. The van der Waals surface area contributed by atoms with Gasteiger partial charge in [0, 0.05) is 6.42 Å². The maximum absolute atomic E-state index is 7.66. The van der Waals surface area contributed by atoms with E-state index in [-0.39, 0.29) is 0 Å². The Balaban J connectivity index is 3.12. The number of nitrogens with one attached hydrogen (secondary N) is 1. The summed E-state index contributed by atoms with van der Waals surface area (Å²) >= 11 is 0. The van der Waals surface area contributed by atoms with Crippen molar-refractivity contribution in [2.75, 3.05) is 6.61 Å². The summed E-state index contributed by atoms with van der Waals surface area (Å²) in [5.74, 6) is 0.497. The van der Waals surface area contributed by atoms with Gasteiger partial charge < -0.3 is 4.74 Å². The number of hydrogen-bond acceptors (Lipinski definition) is 2. The van der Waals surface area contributed by atoms with Gasteiger partial charge in [-0.3, -0.25) is 5.41 Å². The Morgan fingerprint density at radius 1 is 0.765 bits per heavy atom. The van der Waals surface area contributed by atoms with Gasteiger partial charge >= 0.3 is 0 Å². The maximum atomic E-state index is 7.66. The fourth-order valence-electron chi connectivity index (χ4n) is 1.86. The highest BCUT2D eigenvalue weighted by Crippen LogP contribution is 2.07. The first-order valence-electron chi connectivity index (χ1n) is 7.51. The van der Waals surface area contributed by atoms with Crippen molar-refractivity contribution in [3.05, 3.63) is 0 Å². The lowest BCUT2D eigenvalue weighted by molar-refractivity contribution is 0.280. The van der Waals surface area contributed by atoms with Crippen molar-refractivity contribution in [3.8, 4) is 0 Å². The molecule has 2 nitrogen and oxygen atoms in total. The van der Waals surface area contributed by atoms with Crippen LogP contribution in [-0.2, 0) is 4.74 Å². The monoisotopic (exact) mass is 241 g/mol. The van der Waals surface area contributed by atoms with E-state index in [9.17, 15) is 0 Å². The van der Waals surface area contributed by atoms with Crippen LogP contribution in [0, 0.1) is 5.41 Å². The molecule has 0 atom stereocenters. The van der Waals surface area contributed by atoms with Gasteiger partial charge in [-0.2, -0.15) is 0 Å². The molecule has 0 bridgehead atoms. The molecule has 0 unspecified atom stereocenters. The van der Waals surface area contributed by atoms with E-state index in [0.717, 1.165) is 25.9 Å². The maximum Gasteiger partial charge on any atom is 0.180 e. The third-order valence-corrected chi connectivity index (χ3v) is 3.03. The third-order valence-electron chi connectivity index (χ3n) is 3.03. The van der Waals surface area contributed by atoms with Crippen molar-refractivity contribution in [2.45, 2.75) is 84.5 Å². The van der Waals surface area contributed by atoms with Crippen molar-refractivity contribution < 1.29 is 4.74 Å². The Labute approximate surface area is 108 Å². The number of rotatable bonds is 12. The predicted molar refractivity (Wildman–Crippen MR) is 75.8 cm³/mol. The van der Waals surface area contributed by atoms with Gasteiger partial charge in [-0.1, -0.05) is 65.2 Å². The molecule has 0 radical (unpaired) electrons. The van der Waals surface area contributed by atoms with Crippen LogP contribution in [-0.4, -0.2) is 12.5 Å². The van der Waals surface area contributed by atoms with Crippen LogP contribution in [0.25, 0.3) is 0 Å². The Morgan fingerprint density at radius 3 is 1.88 bits per heavy atom. The lowest BCUT2D eigenvalue weighted by Gasteiger charge is -2.07. The van der Waals surface area contributed by atoms with Gasteiger partial charge in [-0.25, -0.2) is 0 Å². The van der Waals surface area contributed by atoms with Crippen molar-refractivity contribution in [1.29, 1.82) is 5.41 Å². The van der Waals surface area contributed by atoms with E-state index >= 15 is 0 Å². The minimum absolute atomic E-state index is 0.497. The molecule has 0 aliphatic carbocycles. The van der Waals surface area contributed by atoms with E-state index in [1.54, 1.807) is 0 Å². The summed E-state index contributed by atoms with van der Waals surface area (Å²) in [7, 11) is 0. The average Bonchev–Trinajstić information content (AvgIpc) is 2.33. The zero-order valence-electron chi connectivity index (χ0n) is 11.9. The van der Waals surface area contributed by atoms with Gasteiger partial charge in [0.05, 0.1) is 6.61 Å². The third kappa shape index (κ3) is 13.4. The summed E-state index contributed by atoms with van der Waals surface area (Å²) in [6.07, 6.45) is 13.4. The molecule has 0 saturated carbocycles. The summed E-state index contributed by atoms with van der Waals surface area (Å²) < 4.78 is 5.41. The first kappa shape index (κ1) is 16.5. The van der Waals surface area contributed by atoms with E-state index in [1.165, 1.54) is 51.4 Å². The highest BCUT2D eigenvalue weighted by Gasteiger charge is 1.98. The van der Waals surface area contributed by atoms with Crippen LogP contribution in [0.2, 0.25) is 0 Å². The van der Waals surface area contributed by atoms with Crippen molar-refractivity contribution in [1.82, 2.24) is 0 Å². The molecule has 0 aromatic carbocycles. The molecular formula is C15H31NO. The highest BCUT2D eigenvalue weighted by molar-refractivity contribution is 5.72. The minimum atomic E-state index is 0.497. The normalized spacial score (nSPS) is 10.5. The van der Waals surface area contributed by atoms with Crippen LogP contribution in [0.4, 0.5) is 0 Å². The van der Waals surface area contributed by atoms with Gasteiger partial charge in [-0.05, 0) is 12.8 Å². The second kappa shape index (κ2) is 13.5. The SMILES string of the molecule is CCCCCCCOC(=N)CCCCCCC. The van der Waals surface area contributed by atoms with Crippen LogP contribution in [0.5, 0.6) is 0 Å². The summed E-state index contributed by atoms with van der Waals surface area (Å²) in [6.45, 7) is 5.20. The first-order valence-corrected chi connectivity index (χ1v) is 7.51. The molecule has 0 rings (SSSR count). The largest absolute Gasteiger partial charge is 0.481 e. The Hall–Kier alpha value is -0.530.